The summed E-state index contributed by atoms with van der Waals surface area (Å²) in [6, 6.07) is 7.60. The number of hydrogen-bond donors (Lipinski definition) is 2. The first-order valence-electron chi connectivity index (χ1n) is 6.12. The third kappa shape index (κ3) is 5.85. The second-order valence-corrected chi connectivity index (χ2v) is 6.49. The molecule has 1 amide bonds. The van der Waals surface area contributed by atoms with E-state index in [0.717, 1.165) is 11.3 Å². The Kier molecular flexibility index (Phi) is 6.17. The van der Waals surface area contributed by atoms with E-state index in [1.165, 1.54) is 11.8 Å². The molecule has 0 fully saturated rings. The van der Waals surface area contributed by atoms with Crippen molar-refractivity contribution in [3.05, 3.63) is 34.9 Å². The number of rotatable bonds is 6. The van der Waals surface area contributed by atoms with Gasteiger partial charge < -0.3 is 10.4 Å². The highest BCUT2D eigenvalue weighted by Crippen LogP contribution is 2.17. The van der Waals surface area contributed by atoms with E-state index in [9.17, 15) is 9.90 Å². The van der Waals surface area contributed by atoms with Crippen LogP contribution in [-0.4, -0.2) is 28.4 Å². The van der Waals surface area contributed by atoms with Crippen molar-refractivity contribution in [3.63, 3.8) is 0 Å². The second kappa shape index (κ2) is 7.17. The van der Waals surface area contributed by atoms with Crippen molar-refractivity contribution >= 4 is 29.3 Å². The molecule has 1 aromatic carbocycles. The molecule has 19 heavy (non-hydrogen) atoms. The zero-order chi connectivity index (χ0) is 14.5. The molecule has 0 saturated carbocycles. The smallest absolute Gasteiger partial charge is 0.230 e. The maximum Gasteiger partial charge on any atom is 0.230 e. The molecule has 1 unspecified atom stereocenters. The van der Waals surface area contributed by atoms with E-state index in [1.807, 2.05) is 24.3 Å². The van der Waals surface area contributed by atoms with Gasteiger partial charge in [-0.15, -0.1) is 11.8 Å². The molecule has 0 saturated heterocycles. The number of aliphatic hydroxyl groups is 1. The summed E-state index contributed by atoms with van der Waals surface area (Å²) in [5.74, 6) is 1.03. The quantitative estimate of drug-likeness (QED) is 0.849. The van der Waals surface area contributed by atoms with Crippen LogP contribution in [0, 0.1) is 0 Å². The van der Waals surface area contributed by atoms with Gasteiger partial charge in [-0.05, 0) is 38.5 Å². The van der Waals surface area contributed by atoms with Crippen LogP contribution < -0.4 is 5.32 Å². The maximum atomic E-state index is 11.8. The highest BCUT2D eigenvalue weighted by atomic mass is 35.5. The van der Waals surface area contributed by atoms with Gasteiger partial charge in [0, 0.05) is 10.8 Å². The second-order valence-electron chi connectivity index (χ2n) is 5.07. The molecular formula is C14H20ClNO2S. The molecule has 3 nitrogen and oxygen atoms in total. The first-order chi connectivity index (χ1) is 8.81. The van der Waals surface area contributed by atoms with Gasteiger partial charge in [-0.1, -0.05) is 23.7 Å². The lowest BCUT2D eigenvalue weighted by Crippen LogP contribution is -2.51. The monoisotopic (exact) mass is 301 g/mol. The fourth-order valence-corrected chi connectivity index (χ4v) is 2.38. The molecule has 0 heterocycles. The Morgan fingerprint density at radius 1 is 1.53 bits per heavy atom. The van der Waals surface area contributed by atoms with Crippen molar-refractivity contribution in [1.82, 2.24) is 5.32 Å². The number of benzene rings is 1. The van der Waals surface area contributed by atoms with Gasteiger partial charge in [0.1, 0.15) is 0 Å². The Morgan fingerprint density at radius 2 is 2.21 bits per heavy atom. The van der Waals surface area contributed by atoms with Gasteiger partial charge >= 0.3 is 0 Å². The molecule has 0 aromatic heterocycles. The number of amides is 1. The zero-order valence-electron chi connectivity index (χ0n) is 11.4. The predicted octanol–water partition coefficient (Wildman–Crippen LogP) is 2.85. The number of thioether (sulfide) groups is 1. The topological polar surface area (TPSA) is 49.3 Å². The van der Waals surface area contributed by atoms with E-state index in [2.05, 4.69) is 5.32 Å². The number of nitrogens with one attached hydrogen (secondary N) is 1. The summed E-state index contributed by atoms with van der Waals surface area (Å²) in [5.41, 5.74) is 0.494. The fourth-order valence-electron chi connectivity index (χ4n) is 1.39. The van der Waals surface area contributed by atoms with E-state index in [4.69, 9.17) is 11.6 Å². The van der Waals surface area contributed by atoms with Gasteiger partial charge in [0.05, 0.1) is 17.4 Å². The van der Waals surface area contributed by atoms with Crippen LogP contribution in [0.1, 0.15) is 26.3 Å². The average molecular weight is 302 g/mol. The highest BCUT2D eigenvalue weighted by molar-refractivity contribution is 7.99. The van der Waals surface area contributed by atoms with Crippen LogP contribution >= 0.6 is 23.4 Å². The van der Waals surface area contributed by atoms with E-state index in [1.54, 1.807) is 20.8 Å². The third-order valence-electron chi connectivity index (χ3n) is 2.90. The number of halogens is 1. The van der Waals surface area contributed by atoms with Gasteiger partial charge in [0.25, 0.3) is 0 Å². The number of hydrogen-bond acceptors (Lipinski definition) is 3. The van der Waals surface area contributed by atoms with Gasteiger partial charge in [-0.2, -0.15) is 0 Å². The van der Waals surface area contributed by atoms with Crippen LogP contribution in [-0.2, 0) is 10.5 Å². The highest BCUT2D eigenvalue weighted by Gasteiger charge is 2.25. The molecule has 0 aliphatic rings. The predicted molar refractivity (Wildman–Crippen MR) is 81.5 cm³/mol. The minimum absolute atomic E-state index is 0.0714. The van der Waals surface area contributed by atoms with Crippen molar-refractivity contribution < 1.29 is 9.90 Å². The van der Waals surface area contributed by atoms with Crippen LogP contribution in [0.25, 0.3) is 0 Å². The number of carbonyl (C=O) groups excluding carboxylic acids is 1. The molecule has 1 rings (SSSR count). The van der Waals surface area contributed by atoms with Gasteiger partial charge in [0.15, 0.2) is 0 Å². The van der Waals surface area contributed by atoms with Crippen molar-refractivity contribution in [2.24, 2.45) is 0 Å². The van der Waals surface area contributed by atoms with E-state index < -0.39 is 11.6 Å². The Bertz CT molecular complexity index is 435. The Morgan fingerprint density at radius 3 is 2.79 bits per heavy atom. The first-order valence-corrected chi connectivity index (χ1v) is 7.66. The summed E-state index contributed by atoms with van der Waals surface area (Å²) in [5, 5.41) is 13.1. The van der Waals surface area contributed by atoms with Crippen molar-refractivity contribution in [2.45, 2.75) is 38.2 Å². The normalized spacial score (nSPS) is 13.1. The van der Waals surface area contributed by atoms with E-state index in [-0.39, 0.29) is 5.91 Å². The lowest BCUT2D eigenvalue weighted by atomic mass is 9.99. The Hall–Kier alpha value is -0.710. The van der Waals surface area contributed by atoms with Crippen molar-refractivity contribution in [2.75, 3.05) is 5.75 Å². The van der Waals surface area contributed by atoms with Crippen molar-refractivity contribution in [1.29, 1.82) is 0 Å². The Balaban J connectivity index is 2.35. The summed E-state index contributed by atoms with van der Waals surface area (Å²) in [4.78, 5) is 11.8. The van der Waals surface area contributed by atoms with Gasteiger partial charge in [-0.25, -0.2) is 0 Å². The average Bonchev–Trinajstić information content (AvgIpc) is 2.28. The van der Waals surface area contributed by atoms with Gasteiger partial charge in [-0.3, -0.25) is 4.79 Å². The number of aliphatic hydroxyl groups excluding tert-OH is 1. The van der Waals surface area contributed by atoms with Crippen LogP contribution in [0.4, 0.5) is 0 Å². The zero-order valence-corrected chi connectivity index (χ0v) is 13.0. The lowest BCUT2D eigenvalue weighted by Gasteiger charge is -2.29. The Labute approximate surface area is 123 Å². The fraction of sp³-hybridized carbons (Fsp3) is 0.500. The van der Waals surface area contributed by atoms with Crippen LogP contribution in [0.3, 0.4) is 0 Å². The molecule has 0 aliphatic carbocycles. The maximum absolute atomic E-state index is 11.8. The standard InChI is InChI=1S/C14H20ClNO2S/c1-10(17)14(2,3)16-13(18)9-19-8-11-5-4-6-12(15)7-11/h4-7,10,17H,8-9H2,1-3H3,(H,16,18). The summed E-state index contributed by atoms with van der Waals surface area (Å²) in [6.07, 6.45) is -0.589. The molecular weight excluding hydrogens is 282 g/mol. The van der Waals surface area contributed by atoms with E-state index >= 15 is 0 Å². The van der Waals surface area contributed by atoms with Gasteiger partial charge in [0.2, 0.25) is 5.91 Å². The summed E-state index contributed by atoms with van der Waals surface area (Å²) in [6.45, 7) is 5.27. The summed E-state index contributed by atoms with van der Waals surface area (Å²) in [7, 11) is 0. The number of carbonyl (C=O) groups is 1. The molecule has 0 bridgehead atoms. The lowest BCUT2D eigenvalue weighted by molar-refractivity contribution is -0.121. The minimum atomic E-state index is -0.603. The largest absolute Gasteiger partial charge is 0.391 e. The summed E-state index contributed by atoms with van der Waals surface area (Å²) < 4.78 is 0. The molecule has 0 radical (unpaired) electrons. The molecule has 2 N–H and O–H groups in total. The molecule has 1 atom stereocenters. The SMILES string of the molecule is CC(O)C(C)(C)NC(=O)CSCc1cccc(Cl)c1. The molecule has 0 spiro atoms. The molecule has 106 valence electrons. The first kappa shape index (κ1) is 16.3. The minimum Gasteiger partial charge on any atom is -0.391 e. The van der Waals surface area contributed by atoms with E-state index in [0.29, 0.717) is 10.8 Å². The van der Waals surface area contributed by atoms with Crippen LogP contribution in [0.5, 0.6) is 0 Å². The molecule has 5 heteroatoms. The van der Waals surface area contributed by atoms with Crippen LogP contribution in [0.2, 0.25) is 5.02 Å². The molecule has 0 aliphatic heterocycles. The molecule has 1 aromatic rings. The van der Waals surface area contributed by atoms with Crippen molar-refractivity contribution in [3.8, 4) is 0 Å². The van der Waals surface area contributed by atoms with Crippen LogP contribution in [0.15, 0.2) is 24.3 Å². The third-order valence-corrected chi connectivity index (χ3v) is 4.14. The summed E-state index contributed by atoms with van der Waals surface area (Å²) >= 11 is 7.42.